The topological polar surface area (TPSA) is 92.8 Å². The van der Waals surface area contributed by atoms with Gasteiger partial charge in [0.2, 0.25) is 0 Å². The highest BCUT2D eigenvalue weighted by atomic mass is 16.6. The summed E-state index contributed by atoms with van der Waals surface area (Å²) in [5, 5.41) is 17.9. The van der Waals surface area contributed by atoms with E-state index in [1.165, 1.54) is 13.8 Å². The van der Waals surface area contributed by atoms with Crippen molar-refractivity contribution in [1.29, 1.82) is 0 Å². The molecule has 11 heavy (non-hydrogen) atoms. The first-order valence-electron chi connectivity index (χ1n) is 3.17. The van der Waals surface area contributed by atoms with Gasteiger partial charge in [-0.2, -0.15) is 0 Å². The van der Waals surface area contributed by atoms with Crippen LogP contribution in [0.15, 0.2) is 0 Å². The van der Waals surface area contributed by atoms with E-state index in [4.69, 9.17) is 5.11 Å². The molecule has 0 bridgehead atoms. The Kier molecular flexibility index (Phi) is 3.28. The van der Waals surface area contributed by atoms with E-state index in [2.05, 4.69) is 10.5 Å². The SMILES string of the molecule is CC(C)(O)[C@@H](CO)OC(N)=O. The van der Waals surface area contributed by atoms with Crippen molar-refractivity contribution in [1.82, 2.24) is 0 Å². The van der Waals surface area contributed by atoms with Gasteiger partial charge >= 0.3 is 6.09 Å². The fourth-order valence-electron chi connectivity index (χ4n) is 0.545. The number of hydrogen-bond donors (Lipinski definition) is 3. The minimum atomic E-state index is -1.27. The van der Waals surface area contributed by atoms with Crippen LogP contribution in [0.25, 0.3) is 0 Å². The molecule has 0 heterocycles. The van der Waals surface area contributed by atoms with Crippen molar-refractivity contribution in [3.63, 3.8) is 0 Å². The van der Waals surface area contributed by atoms with Crippen LogP contribution < -0.4 is 5.73 Å². The average Bonchev–Trinajstić information content (AvgIpc) is 1.79. The predicted octanol–water partition coefficient (Wildman–Crippen LogP) is -0.787. The van der Waals surface area contributed by atoms with E-state index in [0.29, 0.717) is 0 Å². The van der Waals surface area contributed by atoms with Crippen molar-refractivity contribution in [2.45, 2.75) is 25.6 Å². The fourth-order valence-corrected chi connectivity index (χ4v) is 0.545. The van der Waals surface area contributed by atoms with Gasteiger partial charge < -0.3 is 20.7 Å². The maximum absolute atomic E-state index is 10.2. The largest absolute Gasteiger partial charge is 0.441 e. The second kappa shape index (κ2) is 3.54. The first-order chi connectivity index (χ1) is 4.88. The maximum atomic E-state index is 10.2. The van der Waals surface area contributed by atoms with E-state index < -0.39 is 24.4 Å². The molecule has 0 rings (SSSR count). The summed E-state index contributed by atoms with van der Waals surface area (Å²) in [4.78, 5) is 10.2. The molecule has 0 aliphatic carbocycles. The van der Waals surface area contributed by atoms with Crippen molar-refractivity contribution in [2.24, 2.45) is 5.73 Å². The molecule has 0 unspecified atom stereocenters. The van der Waals surface area contributed by atoms with E-state index in [9.17, 15) is 9.90 Å². The van der Waals surface area contributed by atoms with Crippen molar-refractivity contribution in [3.8, 4) is 0 Å². The molecule has 4 N–H and O–H groups in total. The molecule has 0 aromatic carbocycles. The molecule has 0 saturated heterocycles. The second-order valence-electron chi connectivity index (χ2n) is 2.76. The van der Waals surface area contributed by atoms with Crippen molar-refractivity contribution >= 4 is 6.09 Å². The Hall–Kier alpha value is -0.810. The molecule has 5 nitrogen and oxygen atoms in total. The number of aliphatic hydroxyl groups is 2. The van der Waals surface area contributed by atoms with Crippen LogP contribution in [0.2, 0.25) is 0 Å². The fraction of sp³-hybridized carbons (Fsp3) is 0.833. The minimum Gasteiger partial charge on any atom is -0.441 e. The third kappa shape index (κ3) is 3.79. The minimum absolute atomic E-state index is 0.452. The molecule has 66 valence electrons. The molecule has 0 aliphatic rings. The normalized spacial score (nSPS) is 14.2. The molecule has 0 aromatic rings. The van der Waals surface area contributed by atoms with Gasteiger partial charge in [0.15, 0.2) is 6.10 Å². The van der Waals surface area contributed by atoms with Crippen LogP contribution in [0.3, 0.4) is 0 Å². The Bertz CT molecular complexity index is 140. The molecule has 0 aliphatic heterocycles. The van der Waals surface area contributed by atoms with Gasteiger partial charge in [0, 0.05) is 0 Å². The number of carbonyl (C=O) groups excluding carboxylic acids is 1. The monoisotopic (exact) mass is 163 g/mol. The maximum Gasteiger partial charge on any atom is 0.404 e. The average molecular weight is 163 g/mol. The van der Waals surface area contributed by atoms with Crippen molar-refractivity contribution < 1.29 is 19.7 Å². The molecule has 0 aromatic heterocycles. The summed E-state index contributed by atoms with van der Waals surface area (Å²) in [5.41, 5.74) is 3.41. The van der Waals surface area contributed by atoms with Crippen LogP contribution in [0.4, 0.5) is 4.79 Å². The lowest BCUT2D eigenvalue weighted by Gasteiger charge is -2.26. The smallest absolute Gasteiger partial charge is 0.404 e. The van der Waals surface area contributed by atoms with Crippen LogP contribution in [-0.2, 0) is 4.74 Å². The standard InChI is InChI=1S/C6H13NO4/c1-6(2,10)4(3-8)11-5(7)9/h4,8,10H,3H2,1-2H3,(H2,7,9)/t4-/m1/s1. The molecular weight excluding hydrogens is 150 g/mol. The number of carbonyl (C=O) groups is 1. The zero-order valence-electron chi connectivity index (χ0n) is 6.57. The van der Waals surface area contributed by atoms with Gasteiger partial charge in [-0.15, -0.1) is 0 Å². The van der Waals surface area contributed by atoms with Crippen LogP contribution in [0.5, 0.6) is 0 Å². The summed E-state index contributed by atoms with van der Waals surface area (Å²) in [6, 6.07) is 0. The number of primary amides is 1. The number of nitrogens with two attached hydrogens (primary N) is 1. The van der Waals surface area contributed by atoms with Gasteiger partial charge in [-0.1, -0.05) is 0 Å². The van der Waals surface area contributed by atoms with Crippen LogP contribution >= 0.6 is 0 Å². The molecule has 0 fully saturated rings. The van der Waals surface area contributed by atoms with Gasteiger partial charge in [0.1, 0.15) is 0 Å². The summed E-state index contributed by atoms with van der Waals surface area (Å²) < 4.78 is 4.40. The number of rotatable bonds is 3. The number of aliphatic hydroxyl groups excluding tert-OH is 1. The molecule has 5 heteroatoms. The quantitative estimate of drug-likeness (QED) is 0.508. The summed E-state index contributed by atoms with van der Waals surface area (Å²) in [6.07, 6.45) is -1.98. The predicted molar refractivity (Wildman–Crippen MR) is 37.8 cm³/mol. The van der Waals surface area contributed by atoms with E-state index in [0.717, 1.165) is 0 Å². The number of hydrogen-bond acceptors (Lipinski definition) is 4. The second-order valence-corrected chi connectivity index (χ2v) is 2.76. The first kappa shape index (κ1) is 10.2. The van der Waals surface area contributed by atoms with Crippen molar-refractivity contribution in [3.05, 3.63) is 0 Å². The summed E-state index contributed by atoms with van der Waals surface area (Å²) in [7, 11) is 0. The Labute approximate surface area is 64.8 Å². The Morgan fingerprint density at radius 2 is 2.18 bits per heavy atom. The highest BCUT2D eigenvalue weighted by Gasteiger charge is 2.28. The lowest BCUT2D eigenvalue weighted by atomic mass is 10.0. The lowest BCUT2D eigenvalue weighted by molar-refractivity contribution is -0.0745. The zero-order valence-corrected chi connectivity index (χ0v) is 6.57. The van der Waals surface area contributed by atoms with Gasteiger partial charge in [-0.3, -0.25) is 0 Å². The van der Waals surface area contributed by atoms with Gasteiger partial charge in [-0.05, 0) is 13.8 Å². The van der Waals surface area contributed by atoms with Crippen LogP contribution in [0.1, 0.15) is 13.8 Å². The summed E-state index contributed by atoms with van der Waals surface area (Å²) in [5.74, 6) is 0. The number of amides is 1. The highest BCUT2D eigenvalue weighted by Crippen LogP contribution is 2.11. The highest BCUT2D eigenvalue weighted by molar-refractivity contribution is 5.64. The molecular formula is C6H13NO4. The first-order valence-corrected chi connectivity index (χ1v) is 3.17. The molecule has 1 amide bonds. The molecule has 1 atom stereocenters. The third-order valence-corrected chi connectivity index (χ3v) is 1.21. The van der Waals surface area contributed by atoms with Gasteiger partial charge in [0.25, 0.3) is 0 Å². The van der Waals surface area contributed by atoms with E-state index >= 15 is 0 Å². The Morgan fingerprint density at radius 3 is 2.27 bits per heavy atom. The van der Waals surface area contributed by atoms with E-state index in [-0.39, 0.29) is 0 Å². The lowest BCUT2D eigenvalue weighted by Crippen LogP contribution is -2.43. The molecule has 0 spiro atoms. The van der Waals surface area contributed by atoms with E-state index in [1.54, 1.807) is 0 Å². The Balaban J connectivity index is 4.07. The summed E-state index contributed by atoms with van der Waals surface area (Å²) >= 11 is 0. The van der Waals surface area contributed by atoms with Gasteiger partial charge in [-0.25, -0.2) is 4.79 Å². The zero-order chi connectivity index (χ0) is 9.07. The van der Waals surface area contributed by atoms with Crippen LogP contribution in [-0.4, -0.2) is 34.6 Å². The van der Waals surface area contributed by atoms with Gasteiger partial charge in [0.05, 0.1) is 12.2 Å². The molecule has 0 saturated carbocycles. The van der Waals surface area contributed by atoms with Crippen LogP contribution in [0, 0.1) is 0 Å². The molecule has 0 radical (unpaired) electrons. The Morgan fingerprint density at radius 1 is 1.73 bits per heavy atom. The van der Waals surface area contributed by atoms with Crippen molar-refractivity contribution in [2.75, 3.05) is 6.61 Å². The summed E-state index contributed by atoms with van der Waals surface area (Å²) in [6.45, 7) is 2.38. The third-order valence-electron chi connectivity index (χ3n) is 1.21. The van der Waals surface area contributed by atoms with E-state index in [1.807, 2.05) is 0 Å². The number of ether oxygens (including phenoxy) is 1.